The van der Waals surface area contributed by atoms with Gasteiger partial charge < -0.3 is 4.98 Å². The van der Waals surface area contributed by atoms with Crippen LogP contribution in [0.25, 0.3) is 6.08 Å². The number of rotatable bonds is 2. The second-order valence-electron chi connectivity index (χ2n) is 3.03. The predicted molar refractivity (Wildman–Crippen MR) is 46.9 cm³/mol. The normalized spacial score (nSPS) is 16.0. The van der Waals surface area contributed by atoms with Gasteiger partial charge in [-0.1, -0.05) is 6.58 Å². The van der Waals surface area contributed by atoms with Crippen LogP contribution in [0.4, 0.5) is 0 Å². The van der Waals surface area contributed by atoms with E-state index in [9.17, 15) is 4.79 Å². The molecule has 0 amide bonds. The van der Waals surface area contributed by atoms with E-state index in [0.717, 1.165) is 18.7 Å². The molecule has 1 N–H and O–H groups in total. The first-order valence-electron chi connectivity index (χ1n) is 4.03. The van der Waals surface area contributed by atoms with Crippen molar-refractivity contribution in [3.05, 3.63) is 34.5 Å². The monoisotopic (exact) mass is 162 g/mol. The Bertz CT molecular complexity index is 363. The van der Waals surface area contributed by atoms with Crippen molar-refractivity contribution < 1.29 is 0 Å². The summed E-state index contributed by atoms with van der Waals surface area (Å²) in [7, 11) is 0. The zero-order chi connectivity index (χ0) is 8.55. The van der Waals surface area contributed by atoms with Gasteiger partial charge in [-0.3, -0.25) is 4.79 Å². The van der Waals surface area contributed by atoms with Gasteiger partial charge >= 0.3 is 0 Å². The summed E-state index contributed by atoms with van der Waals surface area (Å²) in [6, 6.07) is 1.46. The molecule has 2 rings (SSSR count). The minimum absolute atomic E-state index is 0.0817. The lowest BCUT2D eigenvalue weighted by Gasteiger charge is -1.97. The standard InChI is InChI=1S/C9H10N2O/c1-2-7-5-8(12)11-9(10-7)6-3-4-6/h2,5-6H,1,3-4H2,(H,10,11,12). The third-order valence-corrected chi connectivity index (χ3v) is 1.95. The van der Waals surface area contributed by atoms with Gasteiger partial charge in [0.1, 0.15) is 5.82 Å². The molecule has 0 saturated heterocycles. The molecular formula is C9H10N2O. The van der Waals surface area contributed by atoms with Crippen molar-refractivity contribution in [3.8, 4) is 0 Å². The molecule has 1 aromatic rings. The van der Waals surface area contributed by atoms with Gasteiger partial charge in [-0.25, -0.2) is 4.98 Å². The highest BCUT2D eigenvalue weighted by atomic mass is 16.1. The minimum atomic E-state index is -0.0817. The van der Waals surface area contributed by atoms with Crippen molar-refractivity contribution in [2.24, 2.45) is 0 Å². The molecule has 0 aromatic carbocycles. The van der Waals surface area contributed by atoms with E-state index in [1.165, 1.54) is 6.07 Å². The molecule has 0 spiro atoms. The molecule has 1 heterocycles. The molecule has 0 aliphatic heterocycles. The lowest BCUT2D eigenvalue weighted by molar-refractivity contribution is 0.903. The van der Waals surface area contributed by atoms with Crippen molar-refractivity contribution in [1.29, 1.82) is 0 Å². The fraction of sp³-hybridized carbons (Fsp3) is 0.333. The third kappa shape index (κ3) is 1.30. The first-order valence-corrected chi connectivity index (χ1v) is 4.03. The summed E-state index contributed by atoms with van der Waals surface area (Å²) in [5, 5.41) is 0. The molecule has 3 nitrogen and oxygen atoms in total. The van der Waals surface area contributed by atoms with Gasteiger partial charge in [-0.05, 0) is 18.9 Å². The second kappa shape index (κ2) is 2.59. The Morgan fingerprint density at radius 1 is 1.67 bits per heavy atom. The van der Waals surface area contributed by atoms with Crippen LogP contribution < -0.4 is 5.56 Å². The van der Waals surface area contributed by atoms with Gasteiger partial charge in [-0.15, -0.1) is 0 Å². The Labute approximate surface area is 70.2 Å². The topological polar surface area (TPSA) is 45.8 Å². The van der Waals surface area contributed by atoms with Crippen LogP contribution >= 0.6 is 0 Å². The van der Waals surface area contributed by atoms with Crippen LogP contribution in [0, 0.1) is 0 Å². The molecule has 62 valence electrons. The maximum Gasteiger partial charge on any atom is 0.251 e. The Balaban J connectivity index is 2.47. The molecule has 1 aromatic heterocycles. The van der Waals surface area contributed by atoms with Crippen molar-refractivity contribution in [2.45, 2.75) is 18.8 Å². The number of H-pyrrole nitrogens is 1. The molecule has 12 heavy (non-hydrogen) atoms. The molecule has 0 bridgehead atoms. The van der Waals surface area contributed by atoms with Crippen molar-refractivity contribution in [2.75, 3.05) is 0 Å². The summed E-state index contributed by atoms with van der Waals surface area (Å²) < 4.78 is 0. The zero-order valence-electron chi connectivity index (χ0n) is 6.71. The summed E-state index contributed by atoms with van der Waals surface area (Å²) >= 11 is 0. The van der Waals surface area contributed by atoms with Gasteiger partial charge in [-0.2, -0.15) is 0 Å². The van der Waals surface area contributed by atoms with Crippen molar-refractivity contribution in [1.82, 2.24) is 9.97 Å². The van der Waals surface area contributed by atoms with Crippen LogP contribution in [0.2, 0.25) is 0 Å². The predicted octanol–water partition coefficient (Wildman–Crippen LogP) is 1.29. The average Bonchev–Trinajstić information content (AvgIpc) is 2.85. The largest absolute Gasteiger partial charge is 0.310 e. The molecule has 1 saturated carbocycles. The van der Waals surface area contributed by atoms with E-state index in [4.69, 9.17) is 0 Å². The smallest absolute Gasteiger partial charge is 0.251 e. The van der Waals surface area contributed by atoms with Crippen LogP contribution in [0.5, 0.6) is 0 Å². The van der Waals surface area contributed by atoms with Crippen molar-refractivity contribution in [3.63, 3.8) is 0 Å². The lowest BCUT2D eigenvalue weighted by Crippen LogP contribution is -2.10. The van der Waals surface area contributed by atoms with E-state index in [2.05, 4.69) is 16.5 Å². The van der Waals surface area contributed by atoms with E-state index >= 15 is 0 Å². The second-order valence-corrected chi connectivity index (χ2v) is 3.03. The van der Waals surface area contributed by atoms with Gasteiger partial charge in [0.15, 0.2) is 0 Å². The molecule has 1 aliphatic carbocycles. The number of hydrogen-bond acceptors (Lipinski definition) is 2. The van der Waals surface area contributed by atoms with Crippen LogP contribution in [-0.2, 0) is 0 Å². The van der Waals surface area contributed by atoms with Gasteiger partial charge in [0.2, 0.25) is 0 Å². The Morgan fingerprint density at radius 2 is 2.42 bits per heavy atom. The fourth-order valence-electron chi connectivity index (χ4n) is 1.15. The van der Waals surface area contributed by atoms with E-state index < -0.39 is 0 Å². The summed E-state index contributed by atoms with van der Waals surface area (Å²) in [6.07, 6.45) is 3.88. The SMILES string of the molecule is C=Cc1cc(=O)[nH]c(C2CC2)n1. The van der Waals surface area contributed by atoms with Crippen LogP contribution in [0.1, 0.15) is 30.3 Å². The molecule has 0 atom stereocenters. The van der Waals surface area contributed by atoms with Crippen molar-refractivity contribution >= 4 is 6.08 Å². The van der Waals surface area contributed by atoms with Gasteiger partial charge in [0, 0.05) is 12.0 Å². The number of nitrogens with zero attached hydrogens (tertiary/aromatic N) is 1. The van der Waals surface area contributed by atoms with Crippen LogP contribution in [-0.4, -0.2) is 9.97 Å². The molecule has 1 fully saturated rings. The molecule has 3 heteroatoms. The molecule has 0 radical (unpaired) electrons. The Hall–Kier alpha value is -1.38. The van der Waals surface area contributed by atoms with Crippen LogP contribution in [0.3, 0.4) is 0 Å². The summed E-state index contributed by atoms with van der Waals surface area (Å²) in [5.41, 5.74) is 0.586. The number of nitrogens with one attached hydrogen (secondary N) is 1. The fourth-order valence-corrected chi connectivity index (χ4v) is 1.15. The lowest BCUT2D eigenvalue weighted by atomic mass is 10.3. The van der Waals surface area contributed by atoms with E-state index in [0.29, 0.717) is 11.6 Å². The summed E-state index contributed by atoms with van der Waals surface area (Å²) in [5.74, 6) is 1.30. The Morgan fingerprint density at radius 3 is 3.00 bits per heavy atom. The maximum absolute atomic E-state index is 11.1. The Kier molecular flexibility index (Phi) is 1.57. The van der Waals surface area contributed by atoms with E-state index in [1.807, 2.05) is 0 Å². The first-order chi connectivity index (χ1) is 5.79. The number of hydrogen-bond donors (Lipinski definition) is 1. The maximum atomic E-state index is 11.1. The minimum Gasteiger partial charge on any atom is -0.310 e. The number of aromatic nitrogens is 2. The highest BCUT2D eigenvalue weighted by Crippen LogP contribution is 2.37. The quantitative estimate of drug-likeness (QED) is 0.712. The molecule has 1 aliphatic rings. The summed E-state index contributed by atoms with van der Waals surface area (Å²) in [4.78, 5) is 18.0. The molecule has 0 unspecified atom stereocenters. The van der Waals surface area contributed by atoms with E-state index in [-0.39, 0.29) is 5.56 Å². The molecular weight excluding hydrogens is 152 g/mol. The van der Waals surface area contributed by atoms with Gasteiger partial charge in [0.25, 0.3) is 5.56 Å². The third-order valence-electron chi connectivity index (χ3n) is 1.95. The van der Waals surface area contributed by atoms with Crippen LogP contribution in [0.15, 0.2) is 17.4 Å². The highest BCUT2D eigenvalue weighted by Gasteiger charge is 2.25. The van der Waals surface area contributed by atoms with E-state index in [1.54, 1.807) is 6.08 Å². The number of aromatic amines is 1. The summed E-state index contributed by atoms with van der Waals surface area (Å²) in [6.45, 7) is 3.58. The zero-order valence-corrected chi connectivity index (χ0v) is 6.71. The average molecular weight is 162 g/mol. The van der Waals surface area contributed by atoms with Gasteiger partial charge in [0.05, 0.1) is 5.69 Å². The highest BCUT2D eigenvalue weighted by molar-refractivity contribution is 5.40. The first kappa shape index (κ1) is 7.28.